The summed E-state index contributed by atoms with van der Waals surface area (Å²) in [5.41, 5.74) is 0. The highest BCUT2D eigenvalue weighted by atomic mass is 16.6. The van der Waals surface area contributed by atoms with Gasteiger partial charge in [-0.05, 0) is 89.9 Å². The summed E-state index contributed by atoms with van der Waals surface area (Å²) in [5.74, 6) is -0.883. The van der Waals surface area contributed by atoms with E-state index in [0.29, 0.717) is 19.3 Å². The number of allylic oxidation sites excluding steroid dienone is 10. The fraction of sp³-hybridized carbons (Fsp3) is 0.806. The van der Waals surface area contributed by atoms with Gasteiger partial charge in [0, 0.05) is 19.3 Å². The Morgan fingerprint density at radius 2 is 0.493 bits per heavy atom. The molecule has 1 atom stereocenters. The first-order valence-corrected chi connectivity index (χ1v) is 31.8. The van der Waals surface area contributed by atoms with Crippen molar-refractivity contribution in [1.82, 2.24) is 0 Å². The molecule has 424 valence electrons. The SMILES string of the molecule is CCCCCC/C=C\C/C=C\CCCCCCCC(=O)OC(COC(=O)CCCCCCCCCC/C=C\C/C=C\C/C=C\CCCCCCC)COC(=O)CCCCCCCCCCCCCCCCCC. The monoisotopic (exact) mass is 1020 g/mol. The number of carbonyl (C=O) groups is 3. The third kappa shape index (κ3) is 59.9. The molecule has 0 N–H and O–H groups in total. The van der Waals surface area contributed by atoms with Gasteiger partial charge in [0.05, 0.1) is 0 Å². The molecule has 0 aromatic rings. The Morgan fingerprint density at radius 1 is 0.274 bits per heavy atom. The van der Waals surface area contributed by atoms with Crippen LogP contribution in [0.2, 0.25) is 0 Å². The van der Waals surface area contributed by atoms with Crippen LogP contribution in [0, 0.1) is 0 Å². The van der Waals surface area contributed by atoms with Crippen molar-refractivity contribution in [2.45, 2.75) is 335 Å². The zero-order chi connectivity index (χ0) is 52.9. The zero-order valence-electron chi connectivity index (χ0n) is 48.7. The Bertz CT molecular complexity index is 1310. The molecule has 0 aliphatic carbocycles. The quantitative estimate of drug-likeness (QED) is 0.0261. The van der Waals surface area contributed by atoms with Crippen molar-refractivity contribution >= 4 is 17.9 Å². The maximum Gasteiger partial charge on any atom is 0.306 e. The van der Waals surface area contributed by atoms with Gasteiger partial charge in [-0.3, -0.25) is 14.4 Å². The molecule has 0 aliphatic heterocycles. The lowest BCUT2D eigenvalue weighted by atomic mass is 10.0. The molecule has 6 heteroatoms. The van der Waals surface area contributed by atoms with Gasteiger partial charge in [-0.2, -0.15) is 0 Å². The van der Waals surface area contributed by atoms with E-state index >= 15 is 0 Å². The van der Waals surface area contributed by atoms with Gasteiger partial charge in [-0.1, -0.05) is 281 Å². The zero-order valence-corrected chi connectivity index (χ0v) is 48.7. The van der Waals surface area contributed by atoms with Crippen LogP contribution in [0.5, 0.6) is 0 Å². The van der Waals surface area contributed by atoms with Crippen LogP contribution < -0.4 is 0 Å². The van der Waals surface area contributed by atoms with Gasteiger partial charge in [-0.25, -0.2) is 0 Å². The van der Waals surface area contributed by atoms with E-state index in [1.165, 1.54) is 186 Å². The van der Waals surface area contributed by atoms with E-state index in [-0.39, 0.29) is 31.1 Å². The second-order valence-electron chi connectivity index (χ2n) is 21.3. The molecule has 0 bridgehead atoms. The summed E-state index contributed by atoms with van der Waals surface area (Å²) >= 11 is 0. The Labute approximate surface area is 453 Å². The predicted octanol–water partition coefficient (Wildman–Crippen LogP) is 21.6. The number of ether oxygens (including phenoxy) is 3. The molecule has 0 rings (SSSR count). The van der Waals surface area contributed by atoms with Crippen LogP contribution in [0.3, 0.4) is 0 Å². The number of esters is 3. The van der Waals surface area contributed by atoms with Gasteiger partial charge in [0.1, 0.15) is 13.2 Å². The maximum absolute atomic E-state index is 12.9. The van der Waals surface area contributed by atoms with Crippen molar-refractivity contribution in [2.75, 3.05) is 13.2 Å². The molecule has 0 aromatic heterocycles. The highest BCUT2D eigenvalue weighted by Gasteiger charge is 2.19. The summed E-state index contributed by atoms with van der Waals surface area (Å²) < 4.78 is 16.9. The van der Waals surface area contributed by atoms with Gasteiger partial charge >= 0.3 is 17.9 Å². The molecule has 0 saturated heterocycles. The molecule has 0 aliphatic rings. The smallest absolute Gasteiger partial charge is 0.306 e. The molecule has 0 heterocycles. The van der Waals surface area contributed by atoms with E-state index in [1.54, 1.807) is 0 Å². The molecule has 0 fully saturated rings. The Hall–Kier alpha value is -2.89. The molecule has 6 nitrogen and oxygen atoms in total. The van der Waals surface area contributed by atoms with Crippen LogP contribution in [0.25, 0.3) is 0 Å². The summed E-state index contributed by atoms with van der Waals surface area (Å²) in [6.07, 6.45) is 77.9. The molecule has 0 saturated carbocycles. The topological polar surface area (TPSA) is 78.9 Å². The van der Waals surface area contributed by atoms with Crippen molar-refractivity contribution in [2.24, 2.45) is 0 Å². The summed E-state index contributed by atoms with van der Waals surface area (Å²) in [4.78, 5) is 38.3. The van der Waals surface area contributed by atoms with E-state index in [0.717, 1.165) is 103 Å². The lowest BCUT2D eigenvalue weighted by molar-refractivity contribution is -0.167. The fourth-order valence-electron chi connectivity index (χ4n) is 9.19. The van der Waals surface area contributed by atoms with E-state index < -0.39 is 6.10 Å². The molecule has 1 unspecified atom stereocenters. The average molecular weight is 1020 g/mol. The lowest BCUT2D eigenvalue weighted by Gasteiger charge is -2.18. The lowest BCUT2D eigenvalue weighted by Crippen LogP contribution is -2.30. The minimum Gasteiger partial charge on any atom is -0.462 e. The maximum atomic E-state index is 12.9. The standard InChI is InChI=1S/C67H120O6/c1-4-7-10-13-16-19-22-25-28-31-32-33-34-35-36-37-40-42-45-48-51-54-57-60-66(69)72-63-64(73-67(70)61-58-55-52-49-46-43-39-30-27-24-21-18-15-12-9-6-3)62-71-65(68)59-56-53-50-47-44-41-38-29-26-23-20-17-14-11-8-5-2/h21-22,24-25,30-32,34-35,39,64H,4-20,23,26-29,33,36-38,40-63H2,1-3H3/b24-21-,25-22-,32-31-,35-34-,39-30-. The van der Waals surface area contributed by atoms with Gasteiger partial charge in [-0.15, -0.1) is 0 Å². The second kappa shape index (κ2) is 61.7. The number of rotatable bonds is 58. The molecular weight excluding hydrogens is 901 g/mol. The highest BCUT2D eigenvalue weighted by Crippen LogP contribution is 2.16. The van der Waals surface area contributed by atoms with Crippen molar-refractivity contribution < 1.29 is 28.6 Å². The molecular formula is C67H120O6. The Morgan fingerprint density at radius 3 is 0.781 bits per heavy atom. The van der Waals surface area contributed by atoms with Crippen LogP contribution in [0.1, 0.15) is 329 Å². The first kappa shape index (κ1) is 70.1. The van der Waals surface area contributed by atoms with E-state index in [1.807, 2.05) is 0 Å². The third-order valence-corrected chi connectivity index (χ3v) is 14.0. The molecule has 0 amide bonds. The summed E-state index contributed by atoms with van der Waals surface area (Å²) in [6.45, 7) is 6.64. The van der Waals surface area contributed by atoms with Crippen molar-refractivity contribution in [3.63, 3.8) is 0 Å². The predicted molar refractivity (Wildman–Crippen MR) is 316 cm³/mol. The Balaban J connectivity index is 4.36. The minimum atomic E-state index is -0.784. The highest BCUT2D eigenvalue weighted by molar-refractivity contribution is 5.71. The molecule has 0 radical (unpaired) electrons. The molecule has 0 aromatic carbocycles. The van der Waals surface area contributed by atoms with Crippen molar-refractivity contribution in [3.8, 4) is 0 Å². The van der Waals surface area contributed by atoms with E-state index in [4.69, 9.17) is 14.2 Å². The normalized spacial score (nSPS) is 12.4. The van der Waals surface area contributed by atoms with Gasteiger partial charge in [0.15, 0.2) is 6.10 Å². The second-order valence-corrected chi connectivity index (χ2v) is 21.3. The first-order valence-electron chi connectivity index (χ1n) is 31.8. The van der Waals surface area contributed by atoms with Gasteiger partial charge in [0.2, 0.25) is 0 Å². The van der Waals surface area contributed by atoms with Crippen LogP contribution in [-0.4, -0.2) is 37.2 Å². The van der Waals surface area contributed by atoms with Crippen LogP contribution in [0.15, 0.2) is 60.8 Å². The average Bonchev–Trinajstić information content (AvgIpc) is 3.39. The number of unbranched alkanes of at least 4 members (excludes halogenated alkanes) is 37. The summed E-state index contributed by atoms with van der Waals surface area (Å²) in [5, 5.41) is 0. The summed E-state index contributed by atoms with van der Waals surface area (Å²) in [7, 11) is 0. The van der Waals surface area contributed by atoms with Crippen LogP contribution in [-0.2, 0) is 28.6 Å². The van der Waals surface area contributed by atoms with Crippen LogP contribution >= 0.6 is 0 Å². The van der Waals surface area contributed by atoms with Gasteiger partial charge in [0.25, 0.3) is 0 Å². The van der Waals surface area contributed by atoms with E-state index in [2.05, 4.69) is 81.5 Å². The fourth-order valence-corrected chi connectivity index (χ4v) is 9.19. The Kier molecular flexibility index (Phi) is 59.2. The van der Waals surface area contributed by atoms with Crippen molar-refractivity contribution in [1.29, 1.82) is 0 Å². The largest absolute Gasteiger partial charge is 0.462 e. The third-order valence-electron chi connectivity index (χ3n) is 14.0. The van der Waals surface area contributed by atoms with Crippen LogP contribution in [0.4, 0.5) is 0 Å². The van der Waals surface area contributed by atoms with Crippen molar-refractivity contribution in [3.05, 3.63) is 60.8 Å². The number of carbonyl (C=O) groups excluding carboxylic acids is 3. The molecule has 73 heavy (non-hydrogen) atoms. The summed E-state index contributed by atoms with van der Waals surface area (Å²) in [6, 6.07) is 0. The molecule has 0 spiro atoms. The first-order chi connectivity index (χ1) is 36.0. The number of hydrogen-bond acceptors (Lipinski definition) is 6. The minimum absolute atomic E-state index is 0.0793. The number of hydrogen-bond donors (Lipinski definition) is 0. The van der Waals surface area contributed by atoms with E-state index in [9.17, 15) is 14.4 Å². The van der Waals surface area contributed by atoms with Gasteiger partial charge < -0.3 is 14.2 Å².